The second-order valence-electron chi connectivity index (χ2n) is 4.53. The molecule has 3 rings (SSSR count). The summed E-state index contributed by atoms with van der Waals surface area (Å²) in [7, 11) is 0. The normalized spacial score (nSPS) is 10.5. The number of nitro benzene ring substituents is 1. The van der Waals surface area contributed by atoms with Gasteiger partial charge in [-0.3, -0.25) is 10.1 Å². The summed E-state index contributed by atoms with van der Waals surface area (Å²) in [5.41, 5.74) is 2.58. The number of rotatable bonds is 3. The molecule has 2 aromatic carbocycles. The maximum absolute atomic E-state index is 10.6. The molecule has 0 N–H and O–H groups in total. The maximum Gasteiger partial charge on any atom is 0.269 e. The number of nitrogens with zero attached hydrogens (tertiary/aromatic N) is 3. The fourth-order valence-corrected chi connectivity index (χ4v) is 1.99. The summed E-state index contributed by atoms with van der Waals surface area (Å²) in [5.74, 6) is 0.768. The van der Waals surface area contributed by atoms with Crippen LogP contribution in [0.4, 0.5) is 5.69 Å². The Morgan fingerprint density at radius 3 is 2.33 bits per heavy atom. The molecule has 21 heavy (non-hydrogen) atoms. The summed E-state index contributed by atoms with van der Waals surface area (Å²) in [6.45, 7) is 1.96. The van der Waals surface area contributed by atoms with Crippen molar-refractivity contribution in [1.29, 1.82) is 0 Å². The van der Waals surface area contributed by atoms with E-state index in [9.17, 15) is 10.1 Å². The first-order valence-electron chi connectivity index (χ1n) is 6.29. The third kappa shape index (κ3) is 2.51. The second kappa shape index (κ2) is 5.16. The average Bonchev–Trinajstić information content (AvgIpc) is 2.97. The van der Waals surface area contributed by atoms with Crippen molar-refractivity contribution in [2.24, 2.45) is 0 Å². The molecule has 0 aliphatic carbocycles. The van der Waals surface area contributed by atoms with Crippen molar-refractivity contribution in [2.45, 2.75) is 6.92 Å². The minimum atomic E-state index is -0.448. The van der Waals surface area contributed by atoms with Gasteiger partial charge in [0.15, 0.2) is 0 Å². The zero-order chi connectivity index (χ0) is 14.8. The Bertz CT molecular complexity index is 794. The number of aromatic nitrogens is 2. The van der Waals surface area contributed by atoms with Crippen LogP contribution in [0.15, 0.2) is 52.9 Å². The van der Waals surface area contributed by atoms with Crippen molar-refractivity contribution in [1.82, 2.24) is 10.2 Å². The lowest BCUT2D eigenvalue weighted by Gasteiger charge is -1.99. The van der Waals surface area contributed by atoms with Crippen molar-refractivity contribution in [3.05, 3.63) is 64.2 Å². The third-order valence-corrected chi connectivity index (χ3v) is 3.13. The van der Waals surface area contributed by atoms with Crippen LogP contribution in [0, 0.1) is 17.0 Å². The topological polar surface area (TPSA) is 82.1 Å². The summed E-state index contributed by atoms with van der Waals surface area (Å²) in [4.78, 5) is 10.2. The van der Waals surface area contributed by atoms with Crippen LogP contribution in [-0.2, 0) is 0 Å². The van der Waals surface area contributed by atoms with Crippen LogP contribution in [0.3, 0.4) is 0 Å². The van der Waals surface area contributed by atoms with Crippen LogP contribution in [0.2, 0.25) is 0 Å². The minimum Gasteiger partial charge on any atom is -0.416 e. The average molecular weight is 281 g/mol. The van der Waals surface area contributed by atoms with Crippen molar-refractivity contribution >= 4 is 5.69 Å². The number of hydrogen-bond donors (Lipinski definition) is 0. The standard InChI is InChI=1S/C15H11N3O3/c1-10-4-2-3-5-13(10)15-17-16-14(21-15)11-6-8-12(9-7-11)18(19)20/h2-9H,1H3. The highest BCUT2D eigenvalue weighted by atomic mass is 16.6. The Labute approximate surface area is 120 Å². The molecule has 0 aliphatic heterocycles. The molecule has 0 fully saturated rings. The highest BCUT2D eigenvalue weighted by Gasteiger charge is 2.13. The molecule has 6 heteroatoms. The predicted molar refractivity (Wildman–Crippen MR) is 76.6 cm³/mol. The van der Waals surface area contributed by atoms with E-state index in [0.29, 0.717) is 17.3 Å². The number of aryl methyl sites for hydroxylation is 1. The van der Waals surface area contributed by atoms with Gasteiger partial charge in [0.2, 0.25) is 11.8 Å². The van der Waals surface area contributed by atoms with E-state index in [4.69, 9.17) is 4.42 Å². The summed E-state index contributed by atoms with van der Waals surface area (Å²) in [5, 5.41) is 18.7. The van der Waals surface area contributed by atoms with E-state index in [2.05, 4.69) is 10.2 Å². The van der Waals surface area contributed by atoms with Crippen LogP contribution in [0.1, 0.15) is 5.56 Å². The van der Waals surface area contributed by atoms with Gasteiger partial charge in [-0.15, -0.1) is 10.2 Å². The molecule has 0 bridgehead atoms. The zero-order valence-electron chi connectivity index (χ0n) is 11.2. The summed E-state index contributed by atoms with van der Waals surface area (Å²) in [6, 6.07) is 13.7. The van der Waals surface area contributed by atoms with Gasteiger partial charge in [-0.05, 0) is 30.7 Å². The lowest BCUT2D eigenvalue weighted by Crippen LogP contribution is -1.87. The van der Waals surface area contributed by atoms with Gasteiger partial charge in [0, 0.05) is 23.3 Å². The van der Waals surface area contributed by atoms with Crippen LogP contribution in [0.5, 0.6) is 0 Å². The Balaban J connectivity index is 1.95. The zero-order valence-corrected chi connectivity index (χ0v) is 11.2. The van der Waals surface area contributed by atoms with Crippen LogP contribution < -0.4 is 0 Å². The highest BCUT2D eigenvalue weighted by Crippen LogP contribution is 2.26. The van der Waals surface area contributed by atoms with Crippen LogP contribution in [0.25, 0.3) is 22.9 Å². The van der Waals surface area contributed by atoms with E-state index >= 15 is 0 Å². The molecule has 0 amide bonds. The van der Waals surface area contributed by atoms with Crippen molar-refractivity contribution in [3.63, 3.8) is 0 Å². The highest BCUT2D eigenvalue weighted by molar-refractivity contribution is 5.61. The fourth-order valence-electron chi connectivity index (χ4n) is 1.99. The first-order valence-corrected chi connectivity index (χ1v) is 6.29. The van der Waals surface area contributed by atoms with Crippen molar-refractivity contribution in [3.8, 4) is 22.9 Å². The first kappa shape index (κ1) is 13.0. The Morgan fingerprint density at radius 2 is 1.67 bits per heavy atom. The van der Waals surface area contributed by atoms with Gasteiger partial charge in [-0.1, -0.05) is 18.2 Å². The molecule has 3 aromatic rings. The largest absolute Gasteiger partial charge is 0.416 e. The second-order valence-corrected chi connectivity index (χ2v) is 4.53. The van der Waals surface area contributed by atoms with Gasteiger partial charge in [0.05, 0.1) is 4.92 Å². The van der Waals surface area contributed by atoms with Gasteiger partial charge >= 0.3 is 0 Å². The third-order valence-electron chi connectivity index (χ3n) is 3.13. The minimum absolute atomic E-state index is 0.0254. The van der Waals surface area contributed by atoms with Gasteiger partial charge in [0.1, 0.15) is 0 Å². The number of hydrogen-bond acceptors (Lipinski definition) is 5. The Kier molecular flexibility index (Phi) is 3.19. The Morgan fingerprint density at radius 1 is 1.00 bits per heavy atom. The van der Waals surface area contributed by atoms with Crippen molar-refractivity contribution < 1.29 is 9.34 Å². The molecule has 0 atom stereocenters. The monoisotopic (exact) mass is 281 g/mol. The molecule has 0 spiro atoms. The van der Waals surface area contributed by atoms with E-state index in [1.54, 1.807) is 12.1 Å². The van der Waals surface area contributed by atoms with Crippen LogP contribution in [-0.4, -0.2) is 15.1 Å². The molecule has 0 aliphatic rings. The molecule has 0 unspecified atom stereocenters. The lowest BCUT2D eigenvalue weighted by atomic mass is 10.1. The molecule has 0 radical (unpaired) electrons. The quantitative estimate of drug-likeness (QED) is 0.541. The molecular formula is C15H11N3O3. The fraction of sp³-hybridized carbons (Fsp3) is 0.0667. The van der Waals surface area contributed by atoms with E-state index in [0.717, 1.165) is 11.1 Å². The van der Waals surface area contributed by atoms with Gasteiger partial charge in [-0.2, -0.15) is 0 Å². The maximum atomic E-state index is 10.6. The summed E-state index contributed by atoms with van der Waals surface area (Å²) >= 11 is 0. The Hall–Kier alpha value is -3.02. The number of nitro groups is 1. The van der Waals surface area contributed by atoms with E-state index in [-0.39, 0.29) is 5.69 Å². The molecule has 104 valence electrons. The van der Waals surface area contributed by atoms with Crippen molar-refractivity contribution in [2.75, 3.05) is 0 Å². The van der Waals surface area contributed by atoms with Gasteiger partial charge in [-0.25, -0.2) is 0 Å². The van der Waals surface area contributed by atoms with E-state index < -0.39 is 4.92 Å². The van der Waals surface area contributed by atoms with Crippen LogP contribution >= 0.6 is 0 Å². The molecule has 1 heterocycles. The summed E-state index contributed by atoms with van der Waals surface area (Å²) in [6.07, 6.45) is 0. The molecule has 6 nitrogen and oxygen atoms in total. The van der Waals surface area contributed by atoms with Gasteiger partial charge in [0.25, 0.3) is 5.69 Å². The predicted octanol–water partition coefficient (Wildman–Crippen LogP) is 3.62. The summed E-state index contributed by atoms with van der Waals surface area (Å²) < 4.78 is 5.64. The SMILES string of the molecule is Cc1ccccc1-c1nnc(-c2ccc([N+](=O)[O-])cc2)o1. The van der Waals surface area contributed by atoms with E-state index in [1.807, 2.05) is 31.2 Å². The van der Waals surface area contributed by atoms with Gasteiger partial charge < -0.3 is 4.42 Å². The molecule has 1 aromatic heterocycles. The smallest absolute Gasteiger partial charge is 0.269 e. The number of non-ortho nitro benzene ring substituents is 1. The number of benzene rings is 2. The first-order chi connectivity index (χ1) is 10.1. The molecular weight excluding hydrogens is 270 g/mol. The molecule has 0 saturated carbocycles. The van der Waals surface area contributed by atoms with E-state index in [1.165, 1.54) is 12.1 Å². The molecule has 0 saturated heterocycles. The lowest BCUT2D eigenvalue weighted by molar-refractivity contribution is -0.384.